The van der Waals surface area contributed by atoms with Crippen LogP contribution in [0.2, 0.25) is 0 Å². The molecule has 1 N–H and O–H groups in total. The van der Waals surface area contributed by atoms with Crippen molar-refractivity contribution >= 4 is 0 Å². The standard InChI is InChI=1S/C11H15N/c1-11(12-2)8-7-9-5-3-4-6-10(9)11/h3-6,12H,7-8H2,1-2H3. The van der Waals surface area contributed by atoms with E-state index in [0.29, 0.717) is 0 Å². The van der Waals surface area contributed by atoms with Gasteiger partial charge in [0.15, 0.2) is 0 Å². The van der Waals surface area contributed by atoms with Gasteiger partial charge < -0.3 is 5.32 Å². The first-order valence-electron chi connectivity index (χ1n) is 4.53. The van der Waals surface area contributed by atoms with Crippen molar-refractivity contribution < 1.29 is 0 Å². The minimum Gasteiger partial charge on any atom is -0.311 e. The van der Waals surface area contributed by atoms with E-state index in [9.17, 15) is 0 Å². The molecule has 1 aromatic carbocycles. The van der Waals surface area contributed by atoms with Gasteiger partial charge in [0.05, 0.1) is 0 Å². The van der Waals surface area contributed by atoms with Gasteiger partial charge in [0.25, 0.3) is 0 Å². The number of benzene rings is 1. The van der Waals surface area contributed by atoms with E-state index in [2.05, 4.69) is 36.5 Å². The Morgan fingerprint density at radius 1 is 1.33 bits per heavy atom. The summed E-state index contributed by atoms with van der Waals surface area (Å²) in [6, 6.07) is 8.72. The van der Waals surface area contributed by atoms with E-state index >= 15 is 0 Å². The Morgan fingerprint density at radius 3 is 2.83 bits per heavy atom. The van der Waals surface area contributed by atoms with Crippen molar-refractivity contribution in [1.29, 1.82) is 0 Å². The quantitative estimate of drug-likeness (QED) is 0.665. The largest absolute Gasteiger partial charge is 0.311 e. The van der Waals surface area contributed by atoms with Crippen LogP contribution in [-0.2, 0) is 12.0 Å². The van der Waals surface area contributed by atoms with Gasteiger partial charge in [0.2, 0.25) is 0 Å². The van der Waals surface area contributed by atoms with Crippen LogP contribution in [0.4, 0.5) is 0 Å². The van der Waals surface area contributed by atoms with Gasteiger partial charge in [-0.2, -0.15) is 0 Å². The maximum atomic E-state index is 3.40. The molecule has 1 atom stereocenters. The summed E-state index contributed by atoms with van der Waals surface area (Å²) in [5, 5.41) is 3.40. The Labute approximate surface area is 73.8 Å². The van der Waals surface area contributed by atoms with Crippen LogP contribution in [0.15, 0.2) is 24.3 Å². The van der Waals surface area contributed by atoms with E-state index in [1.165, 1.54) is 24.0 Å². The highest BCUT2D eigenvalue weighted by molar-refractivity contribution is 5.37. The summed E-state index contributed by atoms with van der Waals surface area (Å²) in [7, 11) is 2.04. The maximum Gasteiger partial charge on any atom is 0.0409 e. The fourth-order valence-corrected chi connectivity index (χ4v) is 2.06. The molecular formula is C11H15N. The minimum absolute atomic E-state index is 0.219. The Morgan fingerprint density at radius 2 is 2.08 bits per heavy atom. The van der Waals surface area contributed by atoms with Crippen molar-refractivity contribution in [3.63, 3.8) is 0 Å². The fraction of sp³-hybridized carbons (Fsp3) is 0.455. The first-order valence-corrected chi connectivity index (χ1v) is 4.53. The van der Waals surface area contributed by atoms with Crippen molar-refractivity contribution in [1.82, 2.24) is 5.32 Å². The molecule has 0 amide bonds. The van der Waals surface area contributed by atoms with E-state index in [1.807, 2.05) is 7.05 Å². The first kappa shape index (κ1) is 7.81. The molecule has 64 valence electrons. The molecule has 0 spiro atoms. The molecule has 0 bridgehead atoms. The summed E-state index contributed by atoms with van der Waals surface area (Å²) < 4.78 is 0. The summed E-state index contributed by atoms with van der Waals surface area (Å²) in [5.74, 6) is 0. The summed E-state index contributed by atoms with van der Waals surface area (Å²) in [4.78, 5) is 0. The van der Waals surface area contributed by atoms with Crippen molar-refractivity contribution in [2.24, 2.45) is 0 Å². The molecule has 0 aromatic heterocycles. The highest BCUT2D eigenvalue weighted by Gasteiger charge is 2.31. The predicted octanol–water partition coefficient (Wildman–Crippen LogP) is 2.07. The second-order valence-electron chi connectivity index (χ2n) is 3.74. The molecule has 1 aromatic rings. The molecule has 0 saturated heterocycles. The van der Waals surface area contributed by atoms with Crippen LogP contribution in [-0.4, -0.2) is 7.05 Å². The lowest BCUT2D eigenvalue weighted by atomic mass is 9.95. The van der Waals surface area contributed by atoms with Gasteiger partial charge in [-0.3, -0.25) is 0 Å². The highest BCUT2D eigenvalue weighted by atomic mass is 14.9. The van der Waals surface area contributed by atoms with Crippen LogP contribution in [0, 0.1) is 0 Å². The summed E-state index contributed by atoms with van der Waals surface area (Å²) in [5.41, 5.74) is 3.21. The van der Waals surface area contributed by atoms with Crippen LogP contribution in [0.5, 0.6) is 0 Å². The van der Waals surface area contributed by atoms with E-state index in [1.54, 1.807) is 0 Å². The molecule has 2 rings (SSSR count). The van der Waals surface area contributed by atoms with Gasteiger partial charge in [-0.15, -0.1) is 0 Å². The van der Waals surface area contributed by atoms with Crippen molar-refractivity contribution in [3.8, 4) is 0 Å². The van der Waals surface area contributed by atoms with Gasteiger partial charge in [-0.05, 0) is 37.9 Å². The molecule has 1 aliphatic carbocycles. The molecule has 0 saturated carbocycles. The molecule has 12 heavy (non-hydrogen) atoms. The summed E-state index contributed by atoms with van der Waals surface area (Å²) in [6.45, 7) is 2.28. The van der Waals surface area contributed by atoms with Crippen LogP contribution in [0.25, 0.3) is 0 Å². The first-order chi connectivity index (χ1) is 5.76. The normalized spacial score (nSPS) is 27.2. The fourth-order valence-electron chi connectivity index (χ4n) is 2.06. The number of rotatable bonds is 1. The molecule has 0 radical (unpaired) electrons. The van der Waals surface area contributed by atoms with E-state index in [-0.39, 0.29) is 5.54 Å². The third kappa shape index (κ3) is 0.969. The zero-order valence-electron chi connectivity index (χ0n) is 7.72. The zero-order valence-corrected chi connectivity index (χ0v) is 7.72. The molecular weight excluding hydrogens is 146 g/mol. The zero-order chi connectivity index (χ0) is 8.60. The summed E-state index contributed by atoms with van der Waals surface area (Å²) >= 11 is 0. The van der Waals surface area contributed by atoms with Gasteiger partial charge in [0, 0.05) is 5.54 Å². The lowest BCUT2D eigenvalue weighted by molar-refractivity contribution is 0.399. The summed E-state index contributed by atoms with van der Waals surface area (Å²) in [6.07, 6.45) is 2.44. The minimum atomic E-state index is 0.219. The lowest BCUT2D eigenvalue weighted by Gasteiger charge is -2.24. The topological polar surface area (TPSA) is 12.0 Å². The molecule has 1 aliphatic rings. The monoisotopic (exact) mass is 161 g/mol. The van der Waals surface area contributed by atoms with Gasteiger partial charge in [0.1, 0.15) is 0 Å². The number of aryl methyl sites for hydroxylation is 1. The average Bonchev–Trinajstić information content (AvgIpc) is 2.46. The number of fused-ring (bicyclic) bond motifs is 1. The van der Waals surface area contributed by atoms with E-state index < -0.39 is 0 Å². The average molecular weight is 161 g/mol. The Bertz CT molecular complexity index is 293. The Kier molecular flexibility index (Phi) is 1.69. The number of hydrogen-bond acceptors (Lipinski definition) is 1. The second-order valence-corrected chi connectivity index (χ2v) is 3.74. The van der Waals surface area contributed by atoms with Crippen molar-refractivity contribution in [2.45, 2.75) is 25.3 Å². The molecule has 0 aliphatic heterocycles. The van der Waals surface area contributed by atoms with Crippen LogP contribution in [0.1, 0.15) is 24.5 Å². The predicted molar refractivity (Wildman–Crippen MR) is 51.2 cm³/mol. The van der Waals surface area contributed by atoms with Gasteiger partial charge in [-0.25, -0.2) is 0 Å². The maximum absolute atomic E-state index is 3.40. The van der Waals surface area contributed by atoms with E-state index in [4.69, 9.17) is 0 Å². The third-order valence-corrected chi connectivity index (χ3v) is 3.06. The van der Waals surface area contributed by atoms with Crippen molar-refractivity contribution in [2.75, 3.05) is 7.05 Å². The number of hydrogen-bond donors (Lipinski definition) is 1. The number of nitrogens with one attached hydrogen (secondary N) is 1. The molecule has 0 heterocycles. The Hall–Kier alpha value is -0.820. The molecule has 1 unspecified atom stereocenters. The van der Waals surface area contributed by atoms with E-state index in [0.717, 1.165) is 0 Å². The van der Waals surface area contributed by atoms with Crippen molar-refractivity contribution in [3.05, 3.63) is 35.4 Å². The lowest BCUT2D eigenvalue weighted by Crippen LogP contribution is -2.33. The second kappa shape index (κ2) is 2.60. The highest BCUT2D eigenvalue weighted by Crippen LogP contribution is 2.35. The smallest absolute Gasteiger partial charge is 0.0409 e. The Balaban J connectivity index is 2.49. The SMILES string of the molecule is CNC1(C)CCc2ccccc21. The van der Waals surface area contributed by atoms with Crippen LogP contribution in [0.3, 0.4) is 0 Å². The van der Waals surface area contributed by atoms with Gasteiger partial charge in [-0.1, -0.05) is 24.3 Å². The molecule has 1 nitrogen and oxygen atoms in total. The molecule has 0 fully saturated rings. The van der Waals surface area contributed by atoms with Crippen LogP contribution < -0.4 is 5.32 Å². The molecule has 1 heteroatoms. The third-order valence-electron chi connectivity index (χ3n) is 3.06. The van der Waals surface area contributed by atoms with Crippen LogP contribution >= 0.6 is 0 Å². The van der Waals surface area contributed by atoms with Gasteiger partial charge >= 0.3 is 0 Å².